The molecule has 0 N–H and O–H groups in total. The molecular weight excluding hydrogens is 641 g/mol. The Morgan fingerprint density at radius 3 is 1.57 bits per heavy atom. The largest absolute Gasteiger partial charge is 0.456 e. The minimum atomic E-state index is 0.909. The van der Waals surface area contributed by atoms with Gasteiger partial charge in [0, 0.05) is 41.7 Å². The van der Waals surface area contributed by atoms with E-state index >= 15 is 0 Å². The lowest BCUT2D eigenvalue weighted by Crippen LogP contribution is -1.90. The van der Waals surface area contributed by atoms with E-state index in [-0.39, 0.29) is 0 Å². The average Bonchev–Trinajstić information content (AvgIpc) is 3.87. The van der Waals surface area contributed by atoms with E-state index in [1.54, 1.807) is 0 Å². The molecule has 0 unspecified atom stereocenters. The van der Waals surface area contributed by atoms with Crippen LogP contribution in [0.3, 0.4) is 0 Å². The van der Waals surface area contributed by atoms with Gasteiger partial charge in [-0.25, -0.2) is 0 Å². The number of rotatable bonds is 2. The van der Waals surface area contributed by atoms with E-state index < -0.39 is 0 Å². The summed E-state index contributed by atoms with van der Waals surface area (Å²) in [5.41, 5.74) is 8.51. The van der Waals surface area contributed by atoms with Crippen LogP contribution in [0.5, 0.6) is 0 Å². The van der Waals surface area contributed by atoms with Crippen LogP contribution in [-0.4, -0.2) is 0 Å². The van der Waals surface area contributed by atoms with Crippen molar-refractivity contribution in [1.29, 1.82) is 0 Å². The predicted octanol–water partition coefficient (Wildman–Crippen LogP) is 14.6. The molecule has 12 rings (SSSR count). The normalized spacial score (nSPS) is 12.3. The van der Waals surface area contributed by atoms with E-state index in [2.05, 4.69) is 146 Å². The first-order valence-electron chi connectivity index (χ1n) is 17.3. The maximum Gasteiger partial charge on any atom is 0.136 e. The van der Waals surface area contributed by atoms with Gasteiger partial charge in [-0.05, 0) is 97.0 Å². The molecule has 0 radical (unpaired) electrons. The zero-order chi connectivity index (χ0) is 33.2. The molecule has 3 aromatic heterocycles. The fourth-order valence-corrected chi connectivity index (χ4v) is 9.90. The molecule has 0 spiro atoms. The fourth-order valence-electron chi connectivity index (χ4n) is 8.65. The second kappa shape index (κ2) is 10.1. The SMILES string of the molecule is c1ccc2c(c1)ccc1c2sc2ccc3oc4ccc(-c5c6ccccc6c(-c6ccc7oc8ccccc8c7c6)c6ccccc56)cc4c3c21. The number of para-hydroxylation sites is 1. The first-order chi connectivity index (χ1) is 25.3. The molecule has 236 valence electrons. The van der Waals surface area contributed by atoms with Crippen LogP contribution in [0.1, 0.15) is 0 Å². The molecule has 0 saturated heterocycles. The molecule has 3 heteroatoms. The number of thiophene rings is 1. The second-order valence-electron chi connectivity index (χ2n) is 13.5. The van der Waals surface area contributed by atoms with Crippen molar-refractivity contribution in [2.75, 3.05) is 0 Å². The van der Waals surface area contributed by atoms with Crippen LogP contribution >= 0.6 is 11.3 Å². The van der Waals surface area contributed by atoms with Crippen LogP contribution in [0.4, 0.5) is 0 Å². The summed E-state index contributed by atoms with van der Waals surface area (Å²) in [7, 11) is 0. The van der Waals surface area contributed by atoms with Gasteiger partial charge >= 0.3 is 0 Å². The highest BCUT2D eigenvalue weighted by molar-refractivity contribution is 7.27. The van der Waals surface area contributed by atoms with Crippen molar-refractivity contribution in [2.45, 2.75) is 0 Å². The van der Waals surface area contributed by atoms with Gasteiger partial charge in [0.05, 0.1) is 0 Å². The molecule has 0 aliphatic heterocycles. The molecule has 0 fully saturated rings. The third kappa shape index (κ3) is 3.76. The van der Waals surface area contributed by atoms with Crippen molar-refractivity contribution in [1.82, 2.24) is 0 Å². The van der Waals surface area contributed by atoms with Crippen LogP contribution in [-0.2, 0) is 0 Å². The Hall–Kier alpha value is -6.42. The molecule has 0 atom stereocenters. The van der Waals surface area contributed by atoms with Gasteiger partial charge in [0.15, 0.2) is 0 Å². The number of fused-ring (bicyclic) bond motifs is 14. The molecule has 0 aliphatic rings. The molecule has 2 nitrogen and oxygen atoms in total. The molecule has 0 amide bonds. The van der Waals surface area contributed by atoms with Crippen LogP contribution in [0.25, 0.3) is 119 Å². The van der Waals surface area contributed by atoms with Gasteiger partial charge in [-0.15, -0.1) is 11.3 Å². The quantitative estimate of drug-likeness (QED) is 0.172. The maximum atomic E-state index is 6.57. The molecule has 0 bridgehead atoms. The molecule has 12 aromatic rings. The highest BCUT2D eigenvalue weighted by Crippen LogP contribution is 2.48. The lowest BCUT2D eigenvalue weighted by atomic mass is 9.85. The van der Waals surface area contributed by atoms with Gasteiger partial charge in [0.1, 0.15) is 22.3 Å². The summed E-state index contributed by atoms with van der Waals surface area (Å²) < 4.78 is 15.4. The van der Waals surface area contributed by atoms with E-state index in [1.165, 1.54) is 80.1 Å². The van der Waals surface area contributed by atoms with Crippen LogP contribution in [0.15, 0.2) is 167 Å². The van der Waals surface area contributed by atoms with Gasteiger partial charge in [0.25, 0.3) is 0 Å². The van der Waals surface area contributed by atoms with Gasteiger partial charge < -0.3 is 8.83 Å². The van der Waals surface area contributed by atoms with E-state index in [4.69, 9.17) is 8.83 Å². The first kappa shape index (κ1) is 27.4. The Labute approximate surface area is 295 Å². The number of benzene rings is 9. The van der Waals surface area contributed by atoms with Crippen molar-refractivity contribution in [3.63, 3.8) is 0 Å². The molecule has 0 saturated carbocycles. The number of hydrogen-bond acceptors (Lipinski definition) is 3. The third-order valence-electron chi connectivity index (χ3n) is 10.8. The van der Waals surface area contributed by atoms with Crippen molar-refractivity contribution >= 4 is 108 Å². The Bertz CT molecular complexity index is 3370. The minimum absolute atomic E-state index is 0.909. The summed E-state index contributed by atoms with van der Waals surface area (Å²) in [5, 5.41) is 14.7. The summed E-state index contributed by atoms with van der Waals surface area (Å²) in [4.78, 5) is 0. The average molecular weight is 667 g/mol. The molecular formula is C48H26O2S. The van der Waals surface area contributed by atoms with Crippen molar-refractivity contribution in [3.05, 3.63) is 158 Å². The Kier molecular flexibility index (Phi) is 5.41. The second-order valence-corrected chi connectivity index (χ2v) is 14.6. The topological polar surface area (TPSA) is 26.3 Å². The maximum absolute atomic E-state index is 6.57. The Morgan fingerprint density at radius 2 is 0.863 bits per heavy atom. The summed E-state index contributed by atoms with van der Waals surface area (Å²) in [6, 6.07) is 57.1. The van der Waals surface area contributed by atoms with Crippen LogP contribution < -0.4 is 0 Å². The van der Waals surface area contributed by atoms with E-state index in [0.29, 0.717) is 0 Å². The Balaban J connectivity index is 1.15. The number of hydrogen-bond donors (Lipinski definition) is 0. The van der Waals surface area contributed by atoms with Crippen molar-refractivity contribution in [2.24, 2.45) is 0 Å². The monoisotopic (exact) mass is 666 g/mol. The lowest BCUT2D eigenvalue weighted by molar-refractivity contribution is 0.668. The molecule has 51 heavy (non-hydrogen) atoms. The molecule has 9 aromatic carbocycles. The third-order valence-corrected chi connectivity index (χ3v) is 12.0. The smallest absolute Gasteiger partial charge is 0.136 e. The lowest BCUT2D eigenvalue weighted by Gasteiger charge is -2.18. The zero-order valence-electron chi connectivity index (χ0n) is 27.2. The van der Waals surface area contributed by atoms with E-state index in [9.17, 15) is 0 Å². The van der Waals surface area contributed by atoms with Crippen LogP contribution in [0.2, 0.25) is 0 Å². The van der Waals surface area contributed by atoms with E-state index in [1.807, 2.05) is 23.5 Å². The highest BCUT2D eigenvalue weighted by atomic mass is 32.1. The van der Waals surface area contributed by atoms with Gasteiger partial charge in [0.2, 0.25) is 0 Å². The summed E-state index contributed by atoms with van der Waals surface area (Å²) in [6.45, 7) is 0. The Morgan fingerprint density at radius 1 is 0.333 bits per heavy atom. The summed E-state index contributed by atoms with van der Waals surface area (Å²) in [6.07, 6.45) is 0. The van der Waals surface area contributed by atoms with Crippen LogP contribution in [0, 0.1) is 0 Å². The standard InChI is InChI=1S/C48H26O2S/c1-2-10-30-27(9-1)17-20-36-47-43(51-48(30)36)24-23-42-46(47)38-26-29(19-22-41(38)50-42)45-34-14-5-3-12-32(34)44(33-13-4-6-15-35(33)45)28-18-21-40-37(25-28)31-11-7-8-16-39(31)49-40/h1-26H. The number of furan rings is 2. The zero-order valence-corrected chi connectivity index (χ0v) is 28.1. The summed E-state index contributed by atoms with van der Waals surface area (Å²) >= 11 is 1.88. The van der Waals surface area contributed by atoms with Crippen molar-refractivity contribution in [3.8, 4) is 22.3 Å². The van der Waals surface area contributed by atoms with Gasteiger partial charge in [-0.2, -0.15) is 0 Å². The first-order valence-corrected chi connectivity index (χ1v) is 18.1. The van der Waals surface area contributed by atoms with E-state index in [0.717, 1.165) is 38.5 Å². The minimum Gasteiger partial charge on any atom is -0.456 e. The van der Waals surface area contributed by atoms with Gasteiger partial charge in [-0.3, -0.25) is 0 Å². The summed E-state index contributed by atoms with van der Waals surface area (Å²) in [5.74, 6) is 0. The van der Waals surface area contributed by atoms with Crippen molar-refractivity contribution < 1.29 is 8.83 Å². The fraction of sp³-hybridized carbons (Fsp3) is 0. The predicted molar refractivity (Wildman–Crippen MR) is 217 cm³/mol. The molecule has 0 aliphatic carbocycles. The molecule has 3 heterocycles. The highest BCUT2D eigenvalue weighted by Gasteiger charge is 2.20. The van der Waals surface area contributed by atoms with Gasteiger partial charge in [-0.1, -0.05) is 115 Å².